The van der Waals surface area contributed by atoms with Gasteiger partial charge in [-0.15, -0.1) is 0 Å². The van der Waals surface area contributed by atoms with E-state index in [1.54, 1.807) is 48.7 Å². The van der Waals surface area contributed by atoms with Gasteiger partial charge in [-0.3, -0.25) is 29.1 Å². The number of nitrogens with one attached hydrogen (secondary N) is 2. The predicted molar refractivity (Wildman–Crippen MR) is 163 cm³/mol. The fraction of sp³-hybridized carbons (Fsp3) is 0.375. The lowest BCUT2D eigenvalue weighted by Gasteiger charge is -2.27. The van der Waals surface area contributed by atoms with Gasteiger partial charge in [0.2, 0.25) is 5.91 Å². The molecule has 1 fully saturated rings. The summed E-state index contributed by atoms with van der Waals surface area (Å²) in [5.74, 6) is -1.80. The van der Waals surface area contributed by atoms with Gasteiger partial charge in [-0.2, -0.15) is 0 Å². The van der Waals surface area contributed by atoms with Crippen molar-refractivity contribution in [2.75, 3.05) is 36.4 Å². The van der Waals surface area contributed by atoms with Crippen LogP contribution in [0.15, 0.2) is 67.3 Å². The molecule has 11 heteroatoms. The summed E-state index contributed by atoms with van der Waals surface area (Å²) in [5.41, 5.74) is 2.27. The molecule has 0 spiro atoms. The highest BCUT2D eigenvalue weighted by Crippen LogP contribution is 2.30. The molecule has 11 nitrogen and oxygen atoms in total. The summed E-state index contributed by atoms with van der Waals surface area (Å²) in [5, 5.41) is 15.2. The zero-order valence-corrected chi connectivity index (χ0v) is 24.7. The quantitative estimate of drug-likeness (QED) is 0.339. The first-order valence-corrected chi connectivity index (χ1v) is 14.3. The van der Waals surface area contributed by atoms with Crippen molar-refractivity contribution in [3.05, 3.63) is 83.9 Å². The number of carboxylic acids is 1. The molecule has 3 amide bonds. The van der Waals surface area contributed by atoms with Gasteiger partial charge in [0.1, 0.15) is 0 Å². The monoisotopic (exact) mass is 586 g/mol. The number of aromatic nitrogens is 2. The molecular weight excluding hydrogens is 548 g/mol. The second kappa shape index (κ2) is 13.9. The molecule has 1 unspecified atom stereocenters. The first-order chi connectivity index (χ1) is 20.5. The van der Waals surface area contributed by atoms with Crippen molar-refractivity contribution in [2.45, 2.75) is 46.1 Å². The van der Waals surface area contributed by atoms with Crippen LogP contribution in [0.25, 0.3) is 0 Å². The number of benzene rings is 1. The minimum Gasteiger partial charge on any atom is -0.481 e. The summed E-state index contributed by atoms with van der Waals surface area (Å²) in [6, 6.07) is 10.8. The van der Waals surface area contributed by atoms with Gasteiger partial charge in [-0.05, 0) is 53.8 Å². The minimum absolute atomic E-state index is 0.107. The Morgan fingerprint density at radius 2 is 1.67 bits per heavy atom. The van der Waals surface area contributed by atoms with E-state index in [4.69, 9.17) is 0 Å². The Hall–Kier alpha value is -4.80. The number of nitrogens with zero attached hydrogens (tertiary/aromatic N) is 4. The van der Waals surface area contributed by atoms with Crippen molar-refractivity contribution < 1.29 is 24.3 Å². The number of carbonyl (C=O) groups excluding carboxylic acids is 3. The summed E-state index contributed by atoms with van der Waals surface area (Å²) in [6.45, 7) is 8.54. The van der Waals surface area contributed by atoms with Crippen LogP contribution in [0.1, 0.15) is 72.4 Å². The Kier molecular flexibility index (Phi) is 10.1. The highest BCUT2D eigenvalue weighted by Gasteiger charge is 2.26. The normalized spacial score (nSPS) is 14.4. The van der Waals surface area contributed by atoms with Gasteiger partial charge in [0.05, 0.1) is 23.8 Å². The zero-order chi connectivity index (χ0) is 31.0. The molecular formula is C32H38N6O5. The molecule has 3 aromatic rings. The molecule has 0 saturated carbocycles. The van der Waals surface area contributed by atoms with Crippen LogP contribution in [0, 0.1) is 5.41 Å². The maximum Gasteiger partial charge on any atom is 0.305 e. The number of pyridine rings is 2. The number of hydrogen-bond acceptors (Lipinski definition) is 7. The van der Waals surface area contributed by atoms with Crippen molar-refractivity contribution >= 4 is 35.1 Å². The Bertz CT molecular complexity index is 1440. The minimum atomic E-state index is -1.06. The fourth-order valence-corrected chi connectivity index (χ4v) is 4.97. The van der Waals surface area contributed by atoms with Gasteiger partial charge >= 0.3 is 5.97 Å². The van der Waals surface area contributed by atoms with Crippen LogP contribution < -0.4 is 15.5 Å². The molecule has 2 aromatic heterocycles. The summed E-state index contributed by atoms with van der Waals surface area (Å²) in [4.78, 5) is 63.0. The van der Waals surface area contributed by atoms with Gasteiger partial charge in [-0.1, -0.05) is 26.8 Å². The van der Waals surface area contributed by atoms with Crippen molar-refractivity contribution in [2.24, 2.45) is 5.41 Å². The van der Waals surface area contributed by atoms with Gasteiger partial charge < -0.3 is 25.5 Å². The van der Waals surface area contributed by atoms with Gasteiger partial charge in [0.15, 0.2) is 0 Å². The molecule has 226 valence electrons. The molecule has 1 aliphatic heterocycles. The summed E-state index contributed by atoms with van der Waals surface area (Å²) in [6.07, 6.45) is 7.04. The average molecular weight is 587 g/mol. The van der Waals surface area contributed by atoms with E-state index in [0.717, 1.165) is 12.1 Å². The van der Waals surface area contributed by atoms with Crippen molar-refractivity contribution in [1.29, 1.82) is 0 Å². The number of amides is 3. The van der Waals surface area contributed by atoms with E-state index in [1.165, 1.54) is 18.6 Å². The van der Waals surface area contributed by atoms with Gasteiger partial charge in [-0.25, -0.2) is 0 Å². The average Bonchev–Trinajstić information content (AvgIpc) is 3.23. The highest BCUT2D eigenvalue weighted by atomic mass is 16.4. The number of hydrogen-bond donors (Lipinski definition) is 3. The standard InChI is InChI=1S/C32H38N6O5/c1-32(2,3)20-28(39)38-15-5-14-37(16-17-38)27-8-7-23(18-26(27)36-30(42)22-9-12-33-13-10-22)31(43)35-25(19-29(40)41)24-6-4-11-34-21-24/h4,6-13,18,21,25H,5,14-17,19-20H2,1-3H3,(H,35,43)(H,36,42)(H,40,41). The first-order valence-electron chi connectivity index (χ1n) is 14.3. The SMILES string of the molecule is CC(C)(C)CC(=O)N1CCCN(c2ccc(C(=O)NC(CC(=O)O)c3cccnc3)cc2NC(=O)c2ccncc2)CC1. The lowest BCUT2D eigenvalue weighted by Crippen LogP contribution is -2.37. The first kappa shape index (κ1) is 31.1. The van der Waals surface area contributed by atoms with Crippen LogP contribution in [-0.4, -0.2) is 69.8 Å². The molecule has 43 heavy (non-hydrogen) atoms. The number of carboxylic acid groups (broad SMARTS) is 1. The van der Waals surface area contributed by atoms with Gasteiger partial charge in [0, 0.05) is 68.5 Å². The Balaban J connectivity index is 1.60. The van der Waals surface area contributed by atoms with Crippen LogP contribution in [-0.2, 0) is 9.59 Å². The van der Waals surface area contributed by atoms with E-state index in [1.807, 2.05) is 25.7 Å². The van der Waals surface area contributed by atoms with Crippen molar-refractivity contribution in [3.63, 3.8) is 0 Å². The molecule has 1 aliphatic rings. The molecule has 1 saturated heterocycles. The molecule has 3 heterocycles. The van der Waals surface area contributed by atoms with Crippen LogP contribution >= 0.6 is 0 Å². The van der Waals surface area contributed by atoms with E-state index in [9.17, 15) is 24.3 Å². The summed E-state index contributed by atoms with van der Waals surface area (Å²) < 4.78 is 0. The third kappa shape index (κ3) is 8.84. The third-order valence-electron chi connectivity index (χ3n) is 7.09. The lowest BCUT2D eigenvalue weighted by atomic mass is 9.91. The maximum atomic E-state index is 13.4. The van der Waals surface area contributed by atoms with Crippen LogP contribution in [0.2, 0.25) is 0 Å². The number of aliphatic carboxylic acids is 1. The van der Waals surface area contributed by atoms with Crippen LogP contribution in [0.4, 0.5) is 11.4 Å². The molecule has 0 aliphatic carbocycles. The van der Waals surface area contributed by atoms with Crippen molar-refractivity contribution in [3.8, 4) is 0 Å². The molecule has 3 N–H and O–H groups in total. The van der Waals surface area contributed by atoms with Crippen LogP contribution in [0.5, 0.6) is 0 Å². The molecule has 0 radical (unpaired) electrons. The number of anilines is 2. The largest absolute Gasteiger partial charge is 0.481 e. The zero-order valence-electron chi connectivity index (χ0n) is 24.7. The fourth-order valence-electron chi connectivity index (χ4n) is 4.97. The molecule has 1 atom stereocenters. The smallest absolute Gasteiger partial charge is 0.305 e. The van der Waals surface area contributed by atoms with E-state index < -0.39 is 17.9 Å². The highest BCUT2D eigenvalue weighted by molar-refractivity contribution is 6.07. The molecule has 4 rings (SSSR count). The number of carbonyl (C=O) groups is 4. The third-order valence-corrected chi connectivity index (χ3v) is 7.09. The van der Waals surface area contributed by atoms with E-state index in [0.29, 0.717) is 49.4 Å². The Morgan fingerprint density at radius 3 is 2.35 bits per heavy atom. The van der Waals surface area contributed by atoms with Crippen LogP contribution in [0.3, 0.4) is 0 Å². The molecule has 0 bridgehead atoms. The Labute approximate surface area is 251 Å². The summed E-state index contributed by atoms with van der Waals surface area (Å²) in [7, 11) is 0. The maximum absolute atomic E-state index is 13.4. The van der Waals surface area contributed by atoms with E-state index in [-0.39, 0.29) is 29.2 Å². The van der Waals surface area contributed by atoms with Crippen molar-refractivity contribution in [1.82, 2.24) is 20.2 Å². The van der Waals surface area contributed by atoms with E-state index in [2.05, 4.69) is 25.5 Å². The lowest BCUT2D eigenvalue weighted by molar-refractivity contribution is -0.137. The van der Waals surface area contributed by atoms with E-state index >= 15 is 0 Å². The van der Waals surface area contributed by atoms with Gasteiger partial charge in [0.25, 0.3) is 11.8 Å². The topological polar surface area (TPSA) is 145 Å². The second-order valence-corrected chi connectivity index (χ2v) is 11.8. The number of rotatable bonds is 9. The summed E-state index contributed by atoms with van der Waals surface area (Å²) >= 11 is 0. The molecule has 1 aromatic carbocycles. The predicted octanol–water partition coefficient (Wildman–Crippen LogP) is 4.15. The second-order valence-electron chi connectivity index (χ2n) is 11.8. The Morgan fingerprint density at radius 1 is 0.907 bits per heavy atom.